The van der Waals surface area contributed by atoms with Crippen molar-refractivity contribution < 1.29 is 14.7 Å². The number of benzene rings is 1. The molecule has 0 bridgehead atoms. The van der Waals surface area contributed by atoms with Crippen LogP contribution < -0.4 is 10.6 Å². The normalized spacial score (nSPS) is 11.4. The monoisotopic (exact) mass is 248 g/mol. The summed E-state index contributed by atoms with van der Waals surface area (Å²) in [7, 11) is 0. The Bertz CT molecular complexity index is 440. The molecule has 2 amide bonds. The summed E-state index contributed by atoms with van der Waals surface area (Å²) in [6.07, 6.45) is -0.105. The molecule has 0 aliphatic heterocycles. The van der Waals surface area contributed by atoms with Crippen molar-refractivity contribution in [3.8, 4) is 0 Å². The minimum Gasteiger partial charge on any atom is -0.379 e. The van der Waals surface area contributed by atoms with Crippen LogP contribution in [0.3, 0.4) is 0 Å². The predicted octanol–water partition coefficient (Wildman–Crippen LogP) is 0.922. The van der Waals surface area contributed by atoms with Crippen LogP contribution in [0, 0.1) is 0 Å². The Labute approximate surface area is 106 Å². The fraction of sp³-hybridized carbons (Fsp3) is 0.231. The molecule has 0 saturated heterocycles. The van der Waals surface area contributed by atoms with Gasteiger partial charge in [0.05, 0.1) is 0 Å². The van der Waals surface area contributed by atoms with Gasteiger partial charge in [0.2, 0.25) is 0 Å². The van der Waals surface area contributed by atoms with Gasteiger partial charge in [-0.25, -0.2) is 0 Å². The SMILES string of the molecule is C=CC(O)C(=O)Nc1ccc(C(=O)NCC)cc1. The van der Waals surface area contributed by atoms with Crippen molar-refractivity contribution in [2.45, 2.75) is 13.0 Å². The van der Waals surface area contributed by atoms with Gasteiger partial charge in [-0.1, -0.05) is 12.7 Å². The lowest BCUT2D eigenvalue weighted by molar-refractivity contribution is -0.121. The molecule has 0 spiro atoms. The average molecular weight is 248 g/mol. The molecule has 0 radical (unpaired) electrons. The van der Waals surface area contributed by atoms with Crippen molar-refractivity contribution >= 4 is 17.5 Å². The van der Waals surface area contributed by atoms with Gasteiger partial charge in [0.15, 0.2) is 6.10 Å². The second-order valence-corrected chi connectivity index (χ2v) is 3.61. The van der Waals surface area contributed by atoms with E-state index in [1.165, 1.54) is 0 Å². The van der Waals surface area contributed by atoms with Crippen molar-refractivity contribution in [2.24, 2.45) is 0 Å². The van der Waals surface area contributed by atoms with Crippen LogP contribution >= 0.6 is 0 Å². The maximum Gasteiger partial charge on any atom is 0.257 e. The third-order valence-electron chi connectivity index (χ3n) is 2.24. The first-order valence-electron chi connectivity index (χ1n) is 5.58. The van der Waals surface area contributed by atoms with E-state index in [-0.39, 0.29) is 5.91 Å². The van der Waals surface area contributed by atoms with Crippen LogP contribution in [0.25, 0.3) is 0 Å². The molecule has 18 heavy (non-hydrogen) atoms. The van der Waals surface area contributed by atoms with Gasteiger partial charge < -0.3 is 15.7 Å². The smallest absolute Gasteiger partial charge is 0.257 e. The number of carbonyl (C=O) groups is 2. The van der Waals surface area contributed by atoms with E-state index in [0.717, 1.165) is 6.08 Å². The summed E-state index contributed by atoms with van der Waals surface area (Å²) in [6.45, 7) is 5.71. The van der Waals surface area contributed by atoms with E-state index in [1.807, 2.05) is 6.92 Å². The molecule has 0 saturated carbocycles. The molecule has 0 heterocycles. The molecule has 3 N–H and O–H groups in total. The highest BCUT2D eigenvalue weighted by atomic mass is 16.3. The maximum atomic E-state index is 11.5. The number of hydrogen-bond donors (Lipinski definition) is 3. The highest BCUT2D eigenvalue weighted by Gasteiger charge is 2.11. The fourth-order valence-electron chi connectivity index (χ4n) is 1.29. The van der Waals surface area contributed by atoms with Crippen molar-refractivity contribution in [1.29, 1.82) is 0 Å². The molecule has 1 atom stereocenters. The minimum atomic E-state index is -1.24. The summed E-state index contributed by atoms with van der Waals surface area (Å²) in [5.74, 6) is -0.725. The van der Waals surface area contributed by atoms with Crippen LogP contribution in [0.2, 0.25) is 0 Å². The van der Waals surface area contributed by atoms with Crippen molar-refractivity contribution in [3.05, 3.63) is 42.5 Å². The van der Waals surface area contributed by atoms with Crippen molar-refractivity contribution in [3.63, 3.8) is 0 Å². The van der Waals surface area contributed by atoms with E-state index >= 15 is 0 Å². The molecule has 5 nitrogen and oxygen atoms in total. The van der Waals surface area contributed by atoms with E-state index in [9.17, 15) is 14.7 Å². The van der Waals surface area contributed by atoms with Gasteiger partial charge in [-0.15, -0.1) is 0 Å². The molecular formula is C13H16N2O3. The summed E-state index contributed by atoms with van der Waals surface area (Å²) in [5.41, 5.74) is 1.02. The van der Waals surface area contributed by atoms with E-state index in [1.54, 1.807) is 24.3 Å². The molecule has 1 aromatic rings. The van der Waals surface area contributed by atoms with Crippen LogP contribution in [-0.4, -0.2) is 29.6 Å². The third-order valence-corrected chi connectivity index (χ3v) is 2.24. The third kappa shape index (κ3) is 3.71. The van der Waals surface area contributed by atoms with Gasteiger partial charge in [-0.05, 0) is 31.2 Å². The van der Waals surface area contributed by atoms with E-state index in [0.29, 0.717) is 17.8 Å². The molecule has 5 heteroatoms. The first-order valence-corrected chi connectivity index (χ1v) is 5.58. The molecule has 0 aliphatic carbocycles. The van der Waals surface area contributed by atoms with Gasteiger partial charge in [-0.2, -0.15) is 0 Å². The van der Waals surface area contributed by atoms with E-state index in [2.05, 4.69) is 17.2 Å². The van der Waals surface area contributed by atoms with Crippen molar-refractivity contribution in [2.75, 3.05) is 11.9 Å². The topological polar surface area (TPSA) is 78.4 Å². The summed E-state index contributed by atoms with van der Waals surface area (Å²) in [4.78, 5) is 22.8. The summed E-state index contributed by atoms with van der Waals surface area (Å²) >= 11 is 0. The molecular weight excluding hydrogens is 232 g/mol. The average Bonchev–Trinajstić information content (AvgIpc) is 2.38. The minimum absolute atomic E-state index is 0.165. The number of carbonyl (C=O) groups excluding carboxylic acids is 2. The molecule has 1 aromatic carbocycles. The molecule has 0 aliphatic rings. The lowest BCUT2D eigenvalue weighted by Crippen LogP contribution is -2.25. The lowest BCUT2D eigenvalue weighted by Gasteiger charge is -2.08. The van der Waals surface area contributed by atoms with E-state index in [4.69, 9.17) is 0 Å². The molecule has 1 rings (SSSR count). The quantitative estimate of drug-likeness (QED) is 0.678. The number of aliphatic hydroxyl groups is 1. The van der Waals surface area contributed by atoms with Crippen molar-refractivity contribution in [1.82, 2.24) is 5.32 Å². The van der Waals surface area contributed by atoms with E-state index < -0.39 is 12.0 Å². The largest absolute Gasteiger partial charge is 0.379 e. The number of anilines is 1. The summed E-state index contributed by atoms with van der Waals surface area (Å²) < 4.78 is 0. The Morgan fingerprint density at radius 1 is 1.39 bits per heavy atom. The Hall–Kier alpha value is -2.14. The molecule has 1 unspecified atom stereocenters. The predicted molar refractivity (Wildman–Crippen MR) is 69.3 cm³/mol. The molecule has 96 valence electrons. The molecule has 0 fully saturated rings. The number of aliphatic hydroxyl groups excluding tert-OH is 1. The molecule has 0 aromatic heterocycles. The van der Waals surface area contributed by atoms with Gasteiger partial charge in [0, 0.05) is 17.8 Å². The van der Waals surface area contributed by atoms with Gasteiger partial charge in [0.25, 0.3) is 11.8 Å². The van der Waals surface area contributed by atoms with Crippen LogP contribution in [0.4, 0.5) is 5.69 Å². The van der Waals surface area contributed by atoms with Gasteiger partial charge in [-0.3, -0.25) is 9.59 Å². The van der Waals surface area contributed by atoms with Crippen LogP contribution in [0.1, 0.15) is 17.3 Å². The maximum absolute atomic E-state index is 11.5. The standard InChI is InChI=1S/C13H16N2O3/c1-3-11(16)13(18)15-10-7-5-9(6-8-10)12(17)14-4-2/h3,5-8,11,16H,1,4H2,2H3,(H,14,17)(H,15,18). The first-order chi connectivity index (χ1) is 8.58. The zero-order chi connectivity index (χ0) is 13.5. The zero-order valence-electron chi connectivity index (χ0n) is 10.1. The van der Waals surface area contributed by atoms with Crippen LogP contribution in [0.5, 0.6) is 0 Å². The highest BCUT2D eigenvalue weighted by Crippen LogP contribution is 2.10. The second-order valence-electron chi connectivity index (χ2n) is 3.61. The fourth-order valence-corrected chi connectivity index (χ4v) is 1.29. The second kappa shape index (κ2) is 6.56. The lowest BCUT2D eigenvalue weighted by atomic mass is 10.2. The summed E-state index contributed by atoms with van der Waals surface area (Å²) in [5, 5.41) is 14.4. The Morgan fingerprint density at radius 2 is 2.00 bits per heavy atom. The Balaban J connectivity index is 2.68. The Kier molecular flexibility index (Phi) is 5.07. The Morgan fingerprint density at radius 3 is 2.50 bits per heavy atom. The van der Waals surface area contributed by atoms with Crippen LogP contribution in [0.15, 0.2) is 36.9 Å². The van der Waals surface area contributed by atoms with Crippen LogP contribution in [-0.2, 0) is 4.79 Å². The van der Waals surface area contributed by atoms with Gasteiger partial charge in [0.1, 0.15) is 0 Å². The van der Waals surface area contributed by atoms with Gasteiger partial charge >= 0.3 is 0 Å². The number of amides is 2. The zero-order valence-corrected chi connectivity index (χ0v) is 10.1. The highest BCUT2D eigenvalue weighted by molar-refractivity contribution is 5.97. The number of hydrogen-bond acceptors (Lipinski definition) is 3. The summed E-state index contributed by atoms with van der Waals surface area (Å²) in [6, 6.07) is 6.39. The number of rotatable bonds is 5. The first kappa shape index (κ1) is 13.9. The number of nitrogens with one attached hydrogen (secondary N) is 2.